The number of rotatable bonds is 1. The van der Waals surface area contributed by atoms with Gasteiger partial charge >= 0.3 is 5.97 Å². The van der Waals surface area contributed by atoms with Crippen LogP contribution in [-0.2, 0) is 14.3 Å². The van der Waals surface area contributed by atoms with E-state index < -0.39 is 0 Å². The molecule has 0 spiro atoms. The molecule has 2 atom stereocenters. The maximum absolute atomic E-state index is 11.2. The molecule has 4 nitrogen and oxygen atoms in total. The molecule has 0 amide bonds. The van der Waals surface area contributed by atoms with Gasteiger partial charge in [0.15, 0.2) is 0 Å². The minimum atomic E-state index is -0.215. The van der Waals surface area contributed by atoms with Gasteiger partial charge in [-0.25, -0.2) is 0 Å². The lowest BCUT2D eigenvalue weighted by Gasteiger charge is -2.17. The van der Waals surface area contributed by atoms with Crippen molar-refractivity contribution < 1.29 is 14.3 Å². The molecule has 0 aromatic carbocycles. The summed E-state index contributed by atoms with van der Waals surface area (Å²) in [6.07, 6.45) is 1.41. The number of methoxy groups -OCH3 is 1. The Morgan fingerprint density at radius 1 is 1.50 bits per heavy atom. The summed E-state index contributed by atoms with van der Waals surface area (Å²) >= 11 is 0. The smallest absolute Gasteiger partial charge is 0.310 e. The number of esters is 1. The fourth-order valence-electron chi connectivity index (χ4n) is 1.39. The predicted octanol–water partition coefficient (Wildman–Crippen LogP) is -0.0867. The molecule has 12 heavy (non-hydrogen) atoms. The van der Waals surface area contributed by atoms with Crippen molar-refractivity contribution in [2.24, 2.45) is 11.7 Å². The zero-order valence-corrected chi connectivity index (χ0v) is 7.29. The summed E-state index contributed by atoms with van der Waals surface area (Å²) in [7, 11) is 1.39. The molecule has 0 aromatic rings. The quantitative estimate of drug-likeness (QED) is 0.563. The van der Waals surface area contributed by atoms with E-state index in [0.717, 1.165) is 6.42 Å². The van der Waals surface area contributed by atoms with Crippen LogP contribution in [0, 0.1) is 5.92 Å². The monoisotopic (exact) mass is 173 g/mol. The second-order valence-electron chi connectivity index (χ2n) is 2.98. The van der Waals surface area contributed by atoms with Gasteiger partial charge in [-0.3, -0.25) is 4.79 Å². The molecule has 1 heterocycles. The molecule has 0 radical (unpaired) electrons. The normalized spacial score (nSPS) is 30.8. The van der Waals surface area contributed by atoms with Crippen LogP contribution in [0.25, 0.3) is 0 Å². The van der Waals surface area contributed by atoms with E-state index in [-0.39, 0.29) is 17.9 Å². The third-order valence-electron chi connectivity index (χ3n) is 2.19. The van der Waals surface area contributed by atoms with Crippen LogP contribution < -0.4 is 5.73 Å². The Labute approximate surface area is 72.0 Å². The highest BCUT2D eigenvalue weighted by Crippen LogP contribution is 2.15. The van der Waals surface area contributed by atoms with Crippen LogP contribution in [0.5, 0.6) is 0 Å². The molecule has 1 fully saturated rings. The summed E-state index contributed by atoms with van der Waals surface area (Å²) in [5, 5.41) is 0. The van der Waals surface area contributed by atoms with Crippen LogP contribution in [0.1, 0.15) is 12.8 Å². The number of hydrogen-bond donors (Lipinski definition) is 1. The van der Waals surface area contributed by atoms with Crippen LogP contribution in [0.3, 0.4) is 0 Å². The van der Waals surface area contributed by atoms with Crippen molar-refractivity contribution in [3.63, 3.8) is 0 Å². The van der Waals surface area contributed by atoms with Crippen LogP contribution in [0.4, 0.5) is 0 Å². The molecular weight excluding hydrogens is 158 g/mol. The molecule has 70 valence electrons. The lowest BCUT2D eigenvalue weighted by Crippen LogP contribution is -2.35. The molecule has 0 unspecified atom stereocenters. The molecule has 4 heteroatoms. The topological polar surface area (TPSA) is 61.5 Å². The standard InChI is InChI=1S/C8H15NO3/c1-11-8(10)6-2-4-12-5-3-7(6)9/h6-7H,2-5,9H2,1H3/t6-,7-/m0/s1. The molecule has 1 aliphatic heterocycles. The maximum atomic E-state index is 11.2. The summed E-state index contributed by atoms with van der Waals surface area (Å²) in [6.45, 7) is 1.25. The summed E-state index contributed by atoms with van der Waals surface area (Å²) in [5.41, 5.74) is 5.77. The van der Waals surface area contributed by atoms with Gasteiger partial charge in [-0.15, -0.1) is 0 Å². The van der Waals surface area contributed by atoms with E-state index in [0.29, 0.717) is 19.6 Å². The van der Waals surface area contributed by atoms with Gasteiger partial charge in [0.1, 0.15) is 0 Å². The molecular formula is C8H15NO3. The third-order valence-corrected chi connectivity index (χ3v) is 2.19. The average molecular weight is 173 g/mol. The van der Waals surface area contributed by atoms with E-state index in [1.165, 1.54) is 7.11 Å². The number of nitrogens with two attached hydrogens (primary N) is 1. The molecule has 2 N–H and O–H groups in total. The van der Waals surface area contributed by atoms with Crippen molar-refractivity contribution in [1.29, 1.82) is 0 Å². The van der Waals surface area contributed by atoms with Crippen LogP contribution in [0.2, 0.25) is 0 Å². The summed E-state index contributed by atoms with van der Waals surface area (Å²) in [4.78, 5) is 11.2. The molecule has 1 saturated heterocycles. The number of hydrogen-bond acceptors (Lipinski definition) is 4. The van der Waals surface area contributed by atoms with Gasteiger partial charge in [-0.2, -0.15) is 0 Å². The zero-order chi connectivity index (χ0) is 8.97. The first-order chi connectivity index (χ1) is 5.75. The summed E-state index contributed by atoms with van der Waals surface area (Å²) in [6, 6.07) is -0.111. The molecule has 0 aromatic heterocycles. The highest BCUT2D eigenvalue weighted by atomic mass is 16.5. The predicted molar refractivity (Wildman–Crippen MR) is 43.5 cm³/mol. The van der Waals surface area contributed by atoms with Crippen molar-refractivity contribution in [3.8, 4) is 0 Å². The Kier molecular flexibility index (Phi) is 3.49. The number of ether oxygens (including phenoxy) is 2. The summed E-state index contributed by atoms with van der Waals surface area (Å²) in [5.74, 6) is -0.398. The molecule has 0 aliphatic carbocycles. The molecule has 1 aliphatic rings. The Bertz CT molecular complexity index is 160. The lowest BCUT2D eigenvalue weighted by atomic mass is 9.96. The lowest BCUT2D eigenvalue weighted by molar-refractivity contribution is -0.146. The molecule has 1 rings (SSSR count). The van der Waals surface area contributed by atoms with E-state index >= 15 is 0 Å². The Hall–Kier alpha value is -0.610. The van der Waals surface area contributed by atoms with E-state index in [1.54, 1.807) is 0 Å². The second-order valence-corrected chi connectivity index (χ2v) is 2.98. The highest BCUT2D eigenvalue weighted by molar-refractivity contribution is 5.73. The summed E-state index contributed by atoms with van der Waals surface area (Å²) < 4.78 is 9.84. The van der Waals surface area contributed by atoms with Gasteiger partial charge in [0.2, 0.25) is 0 Å². The van der Waals surface area contributed by atoms with Crippen molar-refractivity contribution in [2.45, 2.75) is 18.9 Å². The average Bonchev–Trinajstić information content (AvgIpc) is 2.28. The van der Waals surface area contributed by atoms with Gasteiger partial charge in [-0.1, -0.05) is 0 Å². The van der Waals surface area contributed by atoms with Crippen LogP contribution in [0.15, 0.2) is 0 Å². The number of carbonyl (C=O) groups is 1. The first kappa shape index (κ1) is 9.48. The fourth-order valence-corrected chi connectivity index (χ4v) is 1.39. The van der Waals surface area contributed by atoms with Gasteiger partial charge in [-0.05, 0) is 12.8 Å². The Balaban J connectivity index is 2.52. The Morgan fingerprint density at radius 2 is 2.17 bits per heavy atom. The molecule has 0 saturated carbocycles. The minimum Gasteiger partial charge on any atom is -0.469 e. The van der Waals surface area contributed by atoms with E-state index in [4.69, 9.17) is 10.5 Å². The van der Waals surface area contributed by atoms with Crippen LogP contribution in [-0.4, -0.2) is 32.3 Å². The first-order valence-corrected chi connectivity index (χ1v) is 4.17. The van der Waals surface area contributed by atoms with Crippen LogP contribution >= 0.6 is 0 Å². The fraction of sp³-hybridized carbons (Fsp3) is 0.875. The van der Waals surface area contributed by atoms with E-state index in [9.17, 15) is 4.79 Å². The van der Waals surface area contributed by atoms with Crippen molar-refractivity contribution in [1.82, 2.24) is 0 Å². The first-order valence-electron chi connectivity index (χ1n) is 4.17. The SMILES string of the molecule is COC(=O)[C@H]1CCOCC[C@@H]1N. The van der Waals surface area contributed by atoms with Gasteiger partial charge < -0.3 is 15.2 Å². The maximum Gasteiger partial charge on any atom is 0.310 e. The van der Waals surface area contributed by atoms with Gasteiger partial charge in [0, 0.05) is 19.3 Å². The largest absolute Gasteiger partial charge is 0.469 e. The zero-order valence-electron chi connectivity index (χ0n) is 7.29. The highest BCUT2D eigenvalue weighted by Gasteiger charge is 2.27. The van der Waals surface area contributed by atoms with Crippen molar-refractivity contribution in [2.75, 3.05) is 20.3 Å². The van der Waals surface area contributed by atoms with Gasteiger partial charge in [0.05, 0.1) is 13.0 Å². The van der Waals surface area contributed by atoms with E-state index in [2.05, 4.69) is 4.74 Å². The van der Waals surface area contributed by atoms with Crippen molar-refractivity contribution >= 4 is 5.97 Å². The molecule has 0 bridgehead atoms. The van der Waals surface area contributed by atoms with E-state index in [1.807, 2.05) is 0 Å². The van der Waals surface area contributed by atoms with Gasteiger partial charge in [0.25, 0.3) is 0 Å². The minimum absolute atomic E-state index is 0.111. The number of carbonyl (C=O) groups excluding carboxylic acids is 1. The second kappa shape index (κ2) is 4.42. The Morgan fingerprint density at radius 3 is 2.83 bits per heavy atom. The van der Waals surface area contributed by atoms with Crippen molar-refractivity contribution in [3.05, 3.63) is 0 Å². The third kappa shape index (κ3) is 2.19.